The summed E-state index contributed by atoms with van der Waals surface area (Å²) in [5.74, 6) is -3.43. The highest BCUT2D eigenvalue weighted by molar-refractivity contribution is 5.85. The van der Waals surface area contributed by atoms with Gasteiger partial charge in [0.25, 0.3) is 5.92 Å². The lowest BCUT2D eigenvalue weighted by Gasteiger charge is -2.40. The lowest BCUT2D eigenvalue weighted by molar-refractivity contribution is -0.146. The number of nitrogens with zero attached hydrogens (tertiary/aromatic N) is 3. The van der Waals surface area contributed by atoms with E-state index in [2.05, 4.69) is 28.7 Å². The predicted molar refractivity (Wildman–Crippen MR) is 136 cm³/mol. The molecule has 0 N–H and O–H groups in total. The number of halogens is 2. The first-order valence-electron chi connectivity index (χ1n) is 12.6. The predicted octanol–water partition coefficient (Wildman–Crippen LogP) is 6.71. The van der Waals surface area contributed by atoms with E-state index in [0.29, 0.717) is 5.56 Å². The minimum absolute atomic E-state index is 0.109. The summed E-state index contributed by atoms with van der Waals surface area (Å²) in [7, 11) is 0. The van der Waals surface area contributed by atoms with Crippen LogP contribution in [0.2, 0.25) is 0 Å². The Labute approximate surface area is 208 Å². The van der Waals surface area contributed by atoms with Crippen molar-refractivity contribution >= 4 is 11.7 Å². The quantitative estimate of drug-likeness (QED) is 0.387. The van der Waals surface area contributed by atoms with Gasteiger partial charge in [0.1, 0.15) is 5.69 Å². The molecule has 192 valence electrons. The van der Waals surface area contributed by atoms with Crippen molar-refractivity contribution in [2.24, 2.45) is 11.3 Å². The van der Waals surface area contributed by atoms with E-state index >= 15 is 0 Å². The molecule has 7 heteroatoms. The molecule has 1 fully saturated rings. The molecule has 3 rings (SSSR count). The van der Waals surface area contributed by atoms with Crippen molar-refractivity contribution in [3.05, 3.63) is 41.5 Å². The maximum atomic E-state index is 14.6. The number of ether oxygens (including phenoxy) is 1. The van der Waals surface area contributed by atoms with Gasteiger partial charge >= 0.3 is 5.97 Å². The maximum absolute atomic E-state index is 14.6. The van der Waals surface area contributed by atoms with Gasteiger partial charge in [-0.25, -0.2) is 0 Å². The van der Waals surface area contributed by atoms with Crippen LogP contribution >= 0.6 is 0 Å². The second-order valence-electron chi connectivity index (χ2n) is 11.2. The van der Waals surface area contributed by atoms with Gasteiger partial charge in [-0.05, 0) is 51.0 Å². The molecular weight excluding hydrogens is 448 g/mol. The molecule has 1 saturated heterocycles. The molecule has 1 aliphatic heterocycles. The van der Waals surface area contributed by atoms with Gasteiger partial charge in [-0.15, -0.1) is 0 Å². The minimum atomic E-state index is -2.98. The number of piperidine rings is 1. The summed E-state index contributed by atoms with van der Waals surface area (Å²) < 4.78 is 34.7. The number of aromatic nitrogens is 2. The number of rotatable bonds is 8. The van der Waals surface area contributed by atoms with E-state index in [4.69, 9.17) is 4.74 Å². The zero-order valence-corrected chi connectivity index (χ0v) is 22.1. The Balaban J connectivity index is 2.05. The van der Waals surface area contributed by atoms with Crippen LogP contribution in [-0.2, 0) is 21.9 Å². The number of pyridine rings is 2. The monoisotopic (exact) mass is 487 g/mol. The van der Waals surface area contributed by atoms with Crippen molar-refractivity contribution in [3.63, 3.8) is 0 Å². The molecule has 3 heterocycles. The van der Waals surface area contributed by atoms with Crippen molar-refractivity contribution in [2.45, 2.75) is 86.2 Å². The van der Waals surface area contributed by atoms with Crippen molar-refractivity contribution in [1.29, 1.82) is 0 Å². The number of aryl methyl sites for hydroxylation is 1. The van der Waals surface area contributed by atoms with Gasteiger partial charge in [-0.1, -0.05) is 33.8 Å². The summed E-state index contributed by atoms with van der Waals surface area (Å²) in [5, 5.41) is 0. The number of alkyl halides is 2. The Morgan fingerprint density at radius 1 is 1.11 bits per heavy atom. The highest BCUT2D eigenvalue weighted by Gasteiger charge is 2.34. The fourth-order valence-corrected chi connectivity index (χ4v) is 4.59. The fraction of sp³-hybridized carbons (Fsp3) is 0.607. The summed E-state index contributed by atoms with van der Waals surface area (Å²) in [6.45, 7) is 15.3. The third-order valence-electron chi connectivity index (χ3n) is 6.60. The second-order valence-corrected chi connectivity index (χ2v) is 11.2. The van der Waals surface area contributed by atoms with Crippen LogP contribution in [0.5, 0.6) is 0 Å². The number of carbonyl (C=O) groups excluding carboxylic acids is 1. The van der Waals surface area contributed by atoms with E-state index in [1.807, 2.05) is 20.8 Å². The summed E-state index contributed by atoms with van der Waals surface area (Å²) >= 11 is 0. The smallest absolute Gasteiger partial charge is 0.310 e. The van der Waals surface area contributed by atoms with Crippen molar-refractivity contribution in [2.75, 3.05) is 18.0 Å². The molecule has 0 bridgehead atoms. The second kappa shape index (κ2) is 10.6. The standard InChI is InChI=1S/C28H39F2N3O2/c1-18(2)15-28(29,30)24-9-8-21(16-32-24)23-17-31-20(5)22(14-25(34)35-19(3)4)26(23)33-12-10-27(6,7)11-13-33/h8-9,16-19H,10-15H2,1-7H3. The Hall–Kier alpha value is -2.57. The Morgan fingerprint density at radius 2 is 1.77 bits per heavy atom. The molecule has 0 aliphatic carbocycles. The third-order valence-corrected chi connectivity index (χ3v) is 6.60. The third kappa shape index (κ3) is 6.77. The van der Waals surface area contributed by atoms with Gasteiger partial charge in [-0.2, -0.15) is 8.78 Å². The molecule has 0 radical (unpaired) electrons. The van der Waals surface area contributed by atoms with Gasteiger partial charge in [0, 0.05) is 54.3 Å². The number of anilines is 1. The van der Waals surface area contributed by atoms with Crippen LogP contribution in [0.3, 0.4) is 0 Å². The largest absolute Gasteiger partial charge is 0.463 e. The summed E-state index contributed by atoms with van der Waals surface area (Å²) in [4.78, 5) is 23.7. The summed E-state index contributed by atoms with van der Waals surface area (Å²) in [5.41, 5.74) is 4.05. The van der Waals surface area contributed by atoms with E-state index in [-0.39, 0.29) is 41.9 Å². The zero-order chi connectivity index (χ0) is 26.0. The molecule has 35 heavy (non-hydrogen) atoms. The van der Waals surface area contributed by atoms with Crippen molar-refractivity contribution in [1.82, 2.24) is 9.97 Å². The molecular formula is C28H39F2N3O2. The van der Waals surface area contributed by atoms with Crippen LogP contribution in [0.15, 0.2) is 24.5 Å². The van der Waals surface area contributed by atoms with Crippen LogP contribution in [0.25, 0.3) is 11.1 Å². The molecule has 0 atom stereocenters. The Morgan fingerprint density at radius 3 is 2.31 bits per heavy atom. The molecule has 2 aromatic heterocycles. The van der Waals surface area contributed by atoms with Crippen LogP contribution in [0, 0.1) is 18.3 Å². The van der Waals surface area contributed by atoms with Crippen molar-refractivity contribution in [3.8, 4) is 11.1 Å². The fourth-order valence-electron chi connectivity index (χ4n) is 4.59. The number of esters is 1. The zero-order valence-electron chi connectivity index (χ0n) is 22.1. The summed E-state index contributed by atoms with van der Waals surface area (Å²) in [6.07, 6.45) is 4.96. The normalized spacial score (nSPS) is 16.1. The molecule has 2 aromatic rings. The molecule has 1 aliphatic rings. The average molecular weight is 488 g/mol. The van der Waals surface area contributed by atoms with Gasteiger partial charge in [-0.3, -0.25) is 14.8 Å². The summed E-state index contributed by atoms with van der Waals surface area (Å²) in [6, 6.07) is 3.10. The topological polar surface area (TPSA) is 55.3 Å². The van der Waals surface area contributed by atoms with E-state index < -0.39 is 5.92 Å². The number of hydrogen-bond donors (Lipinski definition) is 0. The minimum Gasteiger partial charge on any atom is -0.463 e. The molecule has 0 amide bonds. The Kier molecular flexibility index (Phi) is 8.17. The van der Waals surface area contributed by atoms with Gasteiger partial charge in [0.2, 0.25) is 0 Å². The SMILES string of the molecule is Cc1ncc(-c2ccc(C(F)(F)CC(C)C)nc2)c(N2CCC(C)(C)CC2)c1CC(=O)OC(C)C. The van der Waals surface area contributed by atoms with Gasteiger partial charge < -0.3 is 9.64 Å². The highest BCUT2D eigenvalue weighted by Crippen LogP contribution is 2.40. The number of hydrogen-bond acceptors (Lipinski definition) is 5. The Bertz CT molecular complexity index is 1020. The maximum Gasteiger partial charge on any atom is 0.310 e. The highest BCUT2D eigenvalue weighted by atomic mass is 19.3. The van der Waals surface area contributed by atoms with Crippen LogP contribution < -0.4 is 4.90 Å². The molecule has 0 saturated carbocycles. The van der Waals surface area contributed by atoms with E-state index in [1.54, 1.807) is 26.1 Å². The molecule has 0 unspecified atom stereocenters. The first kappa shape index (κ1) is 27.0. The first-order chi connectivity index (χ1) is 16.3. The molecule has 0 spiro atoms. The average Bonchev–Trinajstić information content (AvgIpc) is 2.74. The van der Waals surface area contributed by atoms with Crippen LogP contribution in [0.1, 0.15) is 77.8 Å². The first-order valence-corrected chi connectivity index (χ1v) is 12.6. The van der Waals surface area contributed by atoms with E-state index in [0.717, 1.165) is 48.4 Å². The lowest BCUT2D eigenvalue weighted by atomic mass is 9.82. The van der Waals surface area contributed by atoms with E-state index in [1.165, 1.54) is 12.3 Å². The number of carbonyl (C=O) groups is 1. The lowest BCUT2D eigenvalue weighted by Crippen LogP contribution is -2.38. The van der Waals surface area contributed by atoms with E-state index in [9.17, 15) is 13.6 Å². The molecule has 5 nitrogen and oxygen atoms in total. The van der Waals surface area contributed by atoms with Crippen LogP contribution in [-0.4, -0.2) is 35.1 Å². The molecule has 0 aromatic carbocycles. The van der Waals surface area contributed by atoms with Gasteiger partial charge in [0.05, 0.1) is 18.2 Å². The van der Waals surface area contributed by atoms with Crippen LogP contribution in [0.4, 0.5) is 14.5 Å². The van der Waals surface area contributed by atoms with Crippen molar-refractivity contribution < 1.29 is 18.3 Å². The van der Waals surface area contributed by atoms with Gasteiger partial charge in [0.15, 0.2) is 0 Å².